The fourth-order valence-electron chi connectivity index (χ4n) is 0.756. The van der Waals surface area contributed by atoms with Crippen molar-refractivity contribution in [2.24, 2.45) is 0 Å². The zero-order valence-corrected chi connectivity index (χ0v) is 7.06. The van der Waals surface area contributed by atoms with Gasteiger partial charge in [-0.1, -0.05) is 30.2 Å². The van der Waals surface area contributed by atoms with Gasteiger partial charge in [-0.2, -0.15) is 0 Å². The molecule has 0 aliphatic carbocycles. The lowest BCUT2D eigenvalue weighted by atomic mass is 10.1. The standard InChI is InChI=1S/C10H13NO/c1-11(2)8-10(12)9-6-4-3-5-7-9/h3-7H,8H2,1-2H3/i3D,4D,5D,6D,7D. The summed E-state index contributed by atoms with van der Waals surface area (Å²) in [5.41, 5.74) is -0.246. The lowest BCUT2D eigenvalue weighted by Gasteiger charge is -2.07. The van der Waals surface area contributed by atoms with Gasteiger partial charge >= 0.3 is 0 Å². The van der Waals surface area contributed by atoms with E-state index in [1.165, 1.54) is 0 Å². The van der Waals surface area contributed by atoms with Gasteiger partial charge in [0.1, 0.15) is 0 Å². The monoisotopic (exact) mass is 168 g/mol. The van der Waals surface area contributed by atoms with Gasteiger partial charge < -0.3 is 4.90 Å². The third-order valence-corrected chi connectivity index (χ3v) is 1.24. The van der Waals surface area contributed by atoms with Crippen LogP contribution in [0, 0.1) is 0 Å². The maximum atomic E-state index is 11.8. The average Bonchev–Trinajstić information content (AvgIpc) is 2.23. The number of carbonyl (C=O) groups is 1. The van der Waals surface area contributed by atoms with E-state index in [-0.39, 0.29) is 12.1 Å². The number of benzene rings is 1. The molecule has 64 valence electrons. The molecule has 0 spiro atoms. The molecule has 0 heterocycles. The quantitative estimate of drug-likeness (QED) is 0.636. The van der Waals surface area contributed by atoms with Crippen LogP contribution in [0.4, 0.5) is 0 Å². The molecule has 0 fully saturated rings. The molecular formula is C10H13NO. The third kappa shape index (κ3) is 2.47. The summed E-state index contributed by atoms with van der Waals surface area (Å²) in [5.74, 6) is -0.480. The van der Waals surface area contributed by atoms with Crippen LogP contribution in [0.5, 0.6) is 0 Å². The first-order chi connectivity index (χ1) is 7.77. The van der Waals surface area contributed by atoms with E-state index < -0.39 is 36.0 Å². The summed E-state index contributed by atoms with van der Waals surface area (Å²) in [4.78, 5) is 13.4. The lowest BCUT2D eigenvalue weighted by molar-refractivity contribution is 0.0958. The number of likely N-dealkylation sites (N-methyl/N-ethyl adjacent to an activating group) is 1. The van der Waals surface area contributed by atoms with Crippen molar-refractivity contribution in [3.05, 3.63) is 35.8 Å². The van der Waals surface area contributed by atoms with Gasteiger partial charge in [0.25, 0.3) is 0 Å². The molecule has 0 aromatic heterocycles. The predicted octanol–water partition coefficient (Wildman–Crippen LogP) is 1.43. The maximum Gasteiger partial charge on any atom is 0.176 e. The largest absolute Gasteiger partial charge is 0.302 e. The molecule has 0 bridgehead atoms. The van der Waals surface area contributed by atoms with E-state index in [0.29, 0.717) is 0 Å². The minimum absolute atomic E-state index is 0.00792. The first-order valence-corrected chi connectivity index (χ1v) is 3.52. The molecule has 0 unspecified atom stereocenters. The van der Waals surface area contributed by atoms with Crippen LogP contribution < -0.4 is 0 Å². The van der Waals surface area contributed by atoms with Crippen LogP contribution in [0.1, 0.15) is 17.2 Å². The molecule has 0 saturated heterocycles. The van der Waals surface area contributed by atoms with Crippen LogP contribution in [0.15, 0.2) is 30.2 Å². The third-order valence-electron chi connectivity index (χ3n) is 1.24. The summed E-state index contributed by atoms with van der Waals surface area (Å²) in [7, 11) is 3.35. The molecule has 1 rings (SSSR count). The van der Waals surface area contributed by atoms with E-state index in [0.717, 1.165) is 0 Å². The SMILES string of the molecule is [2H]c1c([2H])c([2H])c(C(=O)CN(C)C)c([2H])c1[2H]. The molecule has 0 aliphatic heterocycles. The van der Waals surface area contributed by atoms with Crippen LogP contribution in [-0.4, -0.2) is 31.3 Å². The highest BCUT2D eigenvalue weighted by molar-refractivity contribution is 5.97. The molecule has 2 heteroatoms. The molecule has 0 atom stereocenters. The molecule has 2 nitrogen and oxygen atoms in total. The number of Topliss-reactive ketones (excluding diaryl/α,β-unsaturated/α-hetero) is 1. The Kier molecular flexibility index (Phi) is 1.40. The Labute approximate surface area is 79.8 Å². The zero-order valence-electron chi connectivity index (χ0n) is 12.1. The first-order valence-electron chi connectivity index (χ1n) is 6.02. The second-order valence-electron chi connectivity index (χ2n) is 2.66. The number of ketones is 1. The van der Waals surface area contributed by atoms with E-state index in [9.17, 15) is 4.79 Å². The Morgan fingerprint density at radius 1 is 1.42 bits per heavy atom. The topological polar surface area (TPSA) is 20.3 Å². The highest BCUT2D eigenvalue weighted by Crippen LogP contribution is 1.99. The number of carbonyl (C=O) groups excluding carboxylic acids is 1. The highest BCUT2D eigenvalue weighted by atomic mass is 16.1. The molecule has 12 heavy (non-hydrogen) atoms. The van der Waals surface area contributed by atoms with Crippen molar-refractivity contribution in [2.75, 3.05) is 20.6 Å². The summed E-state index contributed by atoms with van der Waals surface area (Å²) in [6, 6.07) is -2.33. The van der Waals surface area contributed by atoms with Crippen LogP contribution in [0.25, 0.3) is 0 Å². The van der Waals surface area contributed by atoms with Crippen LogP contribution in [0.2, 0.25) is 0 Å². The van der Waals surface area contributed by atoms with Crippen molar-refractivity contribution in [1.82, 2.24) is 4.90 Å². The Hall–Kier alpha value is -1.15. The summed E-state index contributed by atoms with van der Waals surface area (Å²) in [6.07, 6.45) is 0. The summed E-state index contributed by atoms with van der Waals surface area (Å²) >= 11 is 0. The second-order valence-corrected chi connectivity index (χ2v) is 2.66. The smallest absolute Gasteiger partial charge is 0.176 e. The molecule has 1 aromatic carbocycles. The number of hydrogen-bond donors (Lipinski definition) is 0. The fourth-order valence-corrected chi connectivity index (χ4v) is 0.756. The molecule has 1 aromatic rings. The second kappa shape index (κ2) is 4.02. The summed E-state index contributed by atoms with van der Waals surface area (Å²) < 4.78 is 37.5. The molecule has 0 N–H and O–H groups in total. The zero-order chi connectivity index (χ0) is 13.3. The predicted molar refractivity (Wildman–Crippen MR) is 49.3 cm³/mol. The molecule has 0 saturated carbocycles. The Morgan fingerprint density at radius 2 is 2.00 bits per heavy atom. The average molecular weight is 168 g/mol. The molecular weight excluding hydrogens is 150 g/mol. The van der Waals surface area contributed by atoms with Crippen molar-refractivity contribution in [3.8, 4) is 0 Å². The fraction of sp³-hybridized carbons (Fsp3) is 0.300. The Bertz CT molecular complexity index is 443. The van der Waals surface area contributed by atoms with Gasteiger partial charge in [-0.3, -0.25) is 4.79 Å². The van der Waals surface area contributed by atoms with E-state index in [4.69, 9.17) is 6.85 Å². The van der Waals surface area contributed by atoms with Crippen molar-refractivity contribution < 1.29 is 11.6 Å². The highest BCUT2D eigenvalue weighted by Gasteiger charge is 2.04. The summed E-state index contributed by atoms with van der Waals surface area (Å²) in [6.45, 7) is 0.00792. The van der Waals surface area contributed by atoms with E-state index >= 15 is 0 Å². The van der Waals surface area contributed by atoms with Crippen molar-refractivity contribution in [2.45, 2.75) is 0 Å². The van der Waals surface area contributed by atoms with Crippen LogP contribution in [-0.2, 0) is 0 Å². The Balaban J connectivity index is 3.39. The molecule has 0 amide bonds. The van der Waals surface area contributed by atoms with Crippen LogP contribution in [0.3, 0.4) is 0 Å². The Morgan fingerprint density at radius 3 is 2.50 bits per heavy atom. The van der Waals surface area contributed by atoms with Gasteiger partial charge in [0, 0.05) is 5.56 Å². The van der Waals surface area contributed by atoms with Gasteiger partial charge in [-0.25, -0.2) is 0 Å². The van der Waals surface area contributed by atoms with Gasteiger partial charge in [-0.05, 0) is 14.1 Å². The minimum Gasteiger partial charge on any atom is -0.302 e. The van der Waals surface area contributed by atoms with Crippen LogP contribution >= 0.6 is 0 Å². The van der Waals surface area contributed by atoms with Gasteiger partial charge in [-0.15, -0.1) is 0 Å². The minimum atomic E-state index is -0.485. The molecule has 0 aliphatic rings. The van der Waals surface area contributed by atoms with Crippen molar-refractivity contribution in [3.63, 3.8) is 0 Å². The maximum absolute atomic E-state index is 11.8. The van der Waals surface area contributed by atoms with E-state index in [1.807, 2.05) is 0 Å². The van der Waals surface area contributed by atoms with Gasteiger partial charge in [0.05, 0.1) is 13.4 Å². The van der Waals surface area contributed by atoms with E-state index in [1.54, 1.807) is 19.0 Å². The van der Waals surface area contributed by atoms with Crippen molar-refractivity contribution >= 4 is 5.78 Å². The number of rotatable bonds is 3. The van der Waals surface area contributed by atoms with Crippen molar-refractivity contribution in [1.29, 1.82) is 0 Å². The van der Waals surface area contributed by atoms with Gasteiger partial charge in [0.2, 0.25) is 0 Å². The molecule has 0 radical (unpaired) electrons. The summed E-state index contributed by atoms with van der Waals surface area (Å²) in [5, 5.41) is 0. The van der Waals surface area contributed by atoms with Gasteiger partial charge in [0.15, 0.2) is 5.78 Å². The number of hydrogen-bond acceptors (Lipinski definition) is 2. The lowest BCUT2D eigenvalue weighted by Crippen LogP contribution is -2.21. The first kappa shape index (κ1) is 4.19. The van der Waals surface area contributed by atoms with E-state index in [2.05, 4.69) is 0 Å². The number of nitrogens with zero attached hydrogens (tertiary/aromatic N) is 1. The normalized spacial score (nSPS) is 16.1.